The van der Waals surface area contributed by atoms with Crippen LogP contribution in [0, 0.1) is 16.0 Å². The molecule has 0 spiro atoms. The number of ether oxygens (including phenoxy) is 1. The summed E-state index contributed by atoms with van der Waals surface area (Å²) in [5, 5.41) is 15.1. The SMILES string of the molecule is COc1ccc(C2C(CNc3cc4nc[nH]c(=O)c4cc3[N+](=O)[O-])CCCN2C)cc1. The second-order valence-electron chi connectivity index (χ2n) is 7.86. The summed E-state index contributed by atoms with van der Waals surface area (Å²) in [5.74, 6) is 1.07. The van der Waals surface area contributed by atoms with E-state index in [-0.39, 0.29) is 23.0 Å². The maximum absolute atomic E-state index is 12.0. The molecule has 1 fully saturated rings. The first kappa shape index (κ1) is 20.8. The Labute approximate surface area is 179 Å². The number of anilines is 1. The summed E-state index contributed by atoms with van der Waals surface area (Å²) in [7, 11) is 3.75. The second-order valence-corrected chi connectivity index (χ2v) is 7.86. The molecule has 0 aliphatic carbocycles. The number of fused-ring (bicyclic) bond motifs is 1. The van der Waals surface area contributed by atoms with Crippen molar-refractivity contribution in [2.45, 2.75) is 18.9 Å². The molecule has 9 heteroatoms. The van der Waals surface area contributed by atoms with Crippen molar-refractivity contribution in [2.75, 3.05) is 32.6 Å². The zero-order valence-electron chi connectivity index (χ0n) is 17.5. The van der Waals surface area contributed by atoms with Gasteiger partial charge in [0.25, 0.3) is 11.2 Å². The van der Waals surface area contributed by atoms with Crippen LogP contribution in [0.15, 0.2) is 47.5 Å². The Bertz CT molecular complexity index is 1140. The summed E-state index contributed by atoms with van der Waals surface area (Å²) in [5.41, 5.74) is 1.46. The maximum Gasteiger partial charge on any atom is 0.293 e. The molecular formula is C22H25N5O4. The van der Waals surface area contributed by atoms with Gasteiger partial charge in [0.05, 0.1) is 29.3 Å². The van der Waals surface area contributed by atoms with Crippen LogP contribution in [0.5, 0.6) is 5.75 Å². The minimum atomic E-state index is -0.470. The Hall–Kier alpha value is -3.46. The van der Waals surface area contributed by atoms with Gasteiger partial charge in [-0.2, -0.15) is 0 Å². The number of nitrogens with zero attached hydrogens (tertiary/aromatic N) is 3. The highest BCUT2D eigenvalue weighted by Crippen LogP contribution is 2.37. The zero-order valence-corrected chi connectivity index (χ0v) is 17.5. The van der Waals surface area contributed by atoms with Gasteiger partial charge in [-0.05, 0) is 56.1 Å². The van der Waals surface area contributed by atoms with Gasteiger partial charge < -0.3 is 15.0 Å². The quantitative estimate of drug-likeness (QED) is 0.462. The molecule has 0 bridgehead atoms. The number of benzene rings is 2. The number of hydrogen-bond acceptors (Lipinski definition) is 7. The third-order valence-corrected chi connectivity index (χ3v) is 5.97. The van der Waals surface area contributed by atoms with Crippen LogP contribution in [0.4, 0.5) is 11.4 Å². The Kier molecular flexibility index (Phi) is 5.85. The van der Waals surface area contributed by atoms with Crippen molar-refractivity contribution in [2.24, 2.45) is 5.92 Å². The number of piperidine rings is 1. The minimum absolute atomic E-state index is 0.129. The van der Waals surface area contributed by atoms with E-state index in [9.17, 15) is 14.9 Å². The highest BCUT2D eigenvalue weighted by Gasteiger charge is 2.31. The van der Waals surface area contributed by atoms with Crippen molar-refractivity contribution in [3.8, 4) is 5.75 Å². The van der Waals surface area contributed by atoms with E-state index in [2.05, 4.69) is 39.4 Å². The van der Waals surface area contributed by atoms with Crippen LogP contribution in [0.1, 0.15) is 24.4 Å². The fraction of sp³-hybridized carbons (Fsp3) is 0.364. The molecule has 3 aromatic rings. The molecular weight excluding hydrogens is 398 g/mol. The Morgan fingerprint density at radius 1 is 1.32 bits per heavy atom. The van der Waals surface area contributed by atoms with Gasteiger partial charge >= 0.3 is 0 Å². The van der Waals surface area contributed by atoms with Gasteiger partial charge in [0, 0.05) is 18.7 Å². The normalized spacial score (nSPS) is 19.3. The number of nitrogens with one attached hydrogen (secondary N) is 2. The number of H-pyrrole nitrogens is 1. The molecule has 9 nitrogen and oxygen atoms in total. The molecule has 2 aromatic carbocycles. The Morgan fingerprint density at radius 2 is 2.10 bits per heavy atom. The van der Waals surface area contributed by atoms with E-state index in [1.807, 2.05) is 12.1 Å². The van der Waals surface area contributed by atoms with E-state index in [0.29, 0.717) is 17.7 Å². The molecule has 1 saturated heterocycles. The minimum Gasteiger partial charge on any atom is -0.497 e. The molecule has 2 heterocycles. The number of aromatic nitrogens is 2. The van der Waals surface area contributed by atoms with Crippen LogP contribution in [0.3, 0.4) is 0 Å². The number of nitro benzene ring substituents is 1. The Morgan fingerprint density at radius 3 is 2.81 bits per heavy atom. The zero-order chi connectivity index (χ0) is 22.0. The average molecular weight is 423 g/mol. The van der Waals surface area contributed by atoms with Crippen molar-refractivity contribution in [1.29, 1.82) is 0 Å². The summed E-state index contributed by atoms with van der Waals surface area (Å²) in [6, 6.07) is 11.1. The monoisotopic (exact) mass is 423 g/mol. The van der Waals surface area contributed by atoms with Gasteiger partial charge in [-0.25, -0.2) is 4.98 Å². The fourth-order valence-electron chi connectivity index (χ4n) is 4.44. The van der Waals surface area contributed by atoms with Crippen molar-refractivity contribution in [1.82, 2.24) is 14.9 Å². The van der Waals surface area contributed by atoms with Crippen LogP contribution in [0.2, 0.25) is 0 Å². The molecule has 4 rings (SSSR count). The number of hydrogen-bond donors (Lipinski definition) is 2. The van der Waals surface area contributed by atoms with E-state index in [0.717, 1.165) is 25.1 Å². The number of likely N-dealkylation sites (tertiary alicyclic amines) is 1. The lowest BCUT2D eigenvalue weighted by Gasteiger charge is -2.40. The molecule has 2 atom stereocenters. The van der Waals surface area contributed by atoms with Gasteiger partial charge in [-0.3, -0.25) is 19.8 Å². The number of aromatic amines is 1. The maximum atomic E-state index is 12.0. The van der Waals surface area contributed by atoms with Crippen molar-refractivity contribution in [3.05, 3.63) is 68.8 Å². The average Bonchev–Trinajstić information content (AvgIpc) is 2.77. The van der Waals surface area contributed by atoms with E-state index in [4.69, 9.17) is 4.74 Å². The first-order valence-corrected chi connectivity index (χ1v) is 10.2. The lowest BCUT2D eigenvalue weighted by atomic mass is 9.84. The molecule has 162 valence electrons. The topological polar surface area (TPSA) is 113 Å². The summed E-state index contributed by atoms with van der Waals surface area (Å²) in [4.78, 5) is 32.1. The van der Waals surface area contributed by atoms with E-state index >= 15 is 0 Å². The third-order valence-electron chi connectivity index (χ3n) is 5.97. The van der Waals surface area contributed by atoms with Crippen LogP contribution >= 0.6 is 0 Å². The molecule has 1 aromatic heterocycles. The van der Waals surface area contributed by atoms with Crippen molar-refractivity contribution in [3.63, 3.8) is 0 Å². The number of methoxy groups -OCH3 is 1. The summed E-state index contributed by atoms with van der Waals surface area (Å²) in [6.07, 6.45) is 3.37. The summed E-state index contributed by atoms with van der Waals surface area (Å²) in [6.45, 7) is 1.56. The molecule has 2 unspecified atom stereocenters. The predicted molar refractivity (Wildman–Crippen MR) is 119 cm³/mol. The van der Waals surface area contributed by atoms with E-state index in [1.165, 1.54) is 18.0 Å². The predicted octanol–water partition coefficient (Wildman–Crippen LogP) is 3.33. The highest BCUT2D eigenvalue weighted by atomic mass is 16.6. The molecule has 31 heavy (non-hydrogen) atoms. The first-order chi connectivity index (χ1) is 15.0. The molecule has 0 saturated carbocycles. The first-order valence-electron chi connectivity index (χ1n) is 10.2. The lowest BCUT2D eigenvalue weighted by molar-refractivity contribution is -0.383. The molecule has 0 radical (unpaired) electrons. The smallest absolute Gasteiger partial charge is 0.293 e. The van der Waals surface area contributed by atoms with E-state index < -0.39 is 10.5 Å². The molecule has 1 aliphatic heterocycles. The van der Waals surface area contributed by atoms with Crippen molar-refractivity contribution < 1.29 is 9.66 Å². The van der Waals surface area contributed by atoms with E-state index in [1.54, 1.807) is 13.2 Å². The van der Waals surface area contributed by atoms with Crippen LogP contribution in [0.25, 0.3) is 10.9 Å². The number of rotatable bonds is 6. The molecule has 0 amide bonds. The lowest BCUT2D eigenvalue weighted by Crippen LogP contribution is -2.39. The molecule has 2 N–H and O–H groups in total. The van der Waals surface area contributed by atoms with Gasteiger partial charge in [-0.1, -0.05) is 12.1 Å². The second kappa shape index (κ2) is 8.73. The molecule has 1 aliphatic rings. The summed E-state index contributed by atoms with van der Waals surface area (Å²) >= 11 is 0. The largest absolute Gasteiger partial charge is 0.497 e. The third kappa shape index (κ3) is 4.22. The van der Waals surface area contributed by atoms with Crippen LogP contribution in [-0.4, -0.2) is 47.0 Å². The number of nitro groups is 1. The van der Waals surface area contributed by atoms with Crippen LogP contribution < -0.4 is 15.6 Å². The fourth-order valence-corrected chi connectivity index (χ4v) is 4.44. The van der Waals surface area contributed by atoms with Crippen molar-refractivity contribution >= 4 is 22.3 Å². The van der Waals surface area contributed by atoms with Gasteiger partial charge in [-0.15, -0.1) is 0 Å². The van der Waals surface area contributed by atoms with Gasteiger partial charge in [0.1, 0.15) is 11.4 Å². The standard InChI is InChI=1S/C22H25N5O4/c1-26-9-3-4-15(21(26)14-5-7-16(31-2)8-6-14)12-23-19-11-18-17(10-20(19)27(29)30)22(28)25-13-24-18/h5-8,10-11,13,15,21,23H,3-4,9,12H2,1-2H3,(H,24,25,28). The Balaban J connectivity index is 1.61. The van der Waals surface area contributed by atoms with Gasteiger partial charge in [0.2, 0.25) is 0 Å². The summed E-state index contributed by atoms with van der Waals surface area (Å²) < 4.78 is 5.27. The van der Waals surface area contributed by atoms with Crippen LogP contribution in [-0.2, 0) is 0 Å². The highest BCUT2D eigenvalue weighted by molar-refractivity contribution is 5.86. The van der Waals surface area contributed by atoms with Gasteiger partial charge in [0.15, 0.2) is 0 Å².